The second-order valence-electron chi connectivity index (χ2n) is 2.98. The van der Waals surface area contributed by atoms with Gasteiger partial charge >= 0.3 is 0 Å². The van der Waals surface area contributed by atoms with Crippen LogP contribution in [0.2, 0.25) is 0 Å². The van der Waals surface area contributed by atoms with Crippen molar-refractivity contribution in [3.05, 3.63) is 54.4 Å². The SMILES string of the molecule is Fc1cncc(COc2ccncc2)c1. The summed E-state index contributed by atoms with van der Waals surface area (Å²) in [5.41, 5.74) is 0.701. The maximum atomic E-state index is 12.8. The lowest BCUT2D eigenvalue weighted by atomic mass is 10.3. The summed E-state index contributed by atoms with van der Waals surface area (Å²) in [6.07, 6.45) is 6.01. The summed E-state index contributed by atoms with van der Waals surface area (Å²) in [6, 6.07) is 4.88. The van der Waals surface area contributed by atoms with Gasteiger partial charge in [0.15, 0.2) is 0 Å². The molecule has 0 spiro atoms. The molecule has 76 valence electrons. The molecule has 0 saturated carbocycles. The number of hydrogen-bond acceptors (Lipinski definition) is 3. The van der Waals surface area contributed by atoms with Gasteiger partial charge in [0.05, 0.1) is 6.20 Å². The van der Waals surface area contributed by atoms with Crippen LogP contribution in [0.25, 0.3) is 0 Å². The van der Waals surface area contributed by atoms with E-state index in [9.17, 15) is 4.39 Å². The molecule has 0 amide bonds. The van der Waals surface area contributed by atoms with E-state index in [2.05, 4.69) is 9.97 Å². The van der Waals surface area contributed by atoms with E-state index in [1.54, 1.807) is 30.7 Å². The molecule has 0 atom stereocenters. The Kier molecular flexibility index (Phi) is 2.88. The van der Waals surface area contributed by atoms with Crippen LogP contribution in [0.15, 0.2) is 43.0 Å². The maximum absolute atomic E-state index is 12.8. The first-order valence-electron chi connectivity index (χ1n) is 4.47. The van der Waals surface area contributed by atoms with Crippen LogP contribution >= 0.6 is 0 Å². The van der Waals surface area contributed by atoms with E-state index in [4.69, 9.17) is 4.74 Å². The average molecular weight is 204 g/mol. The molecule has 0 N–H and O–H groups in total. The van der Waals surface area contributed by atoms with E-state index in [1.165, 1.54) is 6.07 Å². The van der Waals surface area contributed by atoms with Gasteiger partial charge in [-0.05, 0) is 18.2 Å². The van der Waals surface area contributed by atoms with Crippen LogP contribution in [0.1, 0.15) is 5.56 Å². The molecular formula is C11H9FN2O. The zero-order valence-corrected chi connectivity index (χ0v) is 7.93. The van der Waals surface area contributed by atoms with Crippen LogP contribution in [-0.2, 0) is 6.61 Å². The van der Waals surface area contributed by atoms with Crippen LogP contribution in [0.5, 0.6) is 5.75 Å². The Morgan fingerprint density at radius 2 is 1.93 bits per heavy atom. The third-order valence-corrected chi connectivity index (χ3v) is 1.82. The molecule has 4 heteroatoms. The Labute approximate surface area is 86.6 Å². The number of aromatic nitrogens is 2. The molecule has 3 nitrogen and oxygen atoms in total. The number of halogens is 1. The highest BCUT2D eigenvalue weighted by Crippen LogP contribution is 2.10. The van der Waals surface area contributed by atoms with Gasteiger partial charge in [0.25, 0.3) is 0 Å². The fourth-order valence-corrected chi connectivity index (χ4v) is 1.14. The predicted molar refractivity (Wildman–Crippen MR) is 52.8 cm³/mol. The zero-order chi connectivity index (χ0) is 10.5. The molecule has 2 aromatic heterocycles. The molecule has 0 aliphatic rings. The average Bonchev–Trinajstić information content (AvgIpc) is 2.28. The van der Waals surface area contributed by atoms with E-state index < -0.39 is 0 Å². The lowest BCUT2D eigenvalue weighted by Crippen LogP contribution is -1.96. The summed E-state index contributed by atoms with van der Waals surface area (Å²) in [7, 11) is 0. The van der Waals surface area contributed by atoms with Crippen molar-refractivity contribution in [2.75, 3.05) is 0 Å². The number of pyridine rings is 2. The van der Waals surface area contributed by atoms with Crippen LogP contribution in [-0.4, -0.2) is 9.97 Å². The van der Waals surface area contributed by atoms with Gasteiger partial charge in [0.2, 0.25) is 0 Å². The number of nitrogens with zero attached hydrogens (tertiary/aromatic N) is 2. The van der Waals surface area contributed by atoms with Gasteiger partial charge in [0, 0.05) is 24.2 Å². The number of ether oxygens (including phenoxy) is 1. The second kappa shape index (κ2) is 4.50. The minimum atomic E-state index is -0.356. The van der Waals surface area contributed by atoms with Crippen molar-refractivity contribution in [1.82, 2.24) is 9.97 Å². The van der Waals surface area contributed by atoms with Crippen molar-refractivity contribution >= 4 is 0 Å². The molecule has 2 rings (SSSR count). The van der Waals surface area contributed by atoms with Crippen LogP contribution in [0, 0.1) is 5.82 Å². The van der Waals surface area contributed by atoms with Crippen molar-refractivity contribution in [1.29, 1.82) is 0 Å². The number of rotatable bonds is 3. The molecule has 0 bridgehead atoms. The van der Waals surface area contributed by atoms with Gasteiger partial charge in [-0.1, -0.05) is 0 Å². The minimum absolute atomic E-state index is 0.300. The third-order valence-electron chi connectivity index (χ3n) is 1.82. The third kappa shape index (κ3) is 2.74. The van der Waals surface area contributed by atoms with Gasteiger partial charge < -0.3 is 4.74 Å². The van der Waals surface area contributed by atoms with Crippen molar-refractivity contribution in [2.45, 2.75) is 6.61 Å². The molecule has 0 aliphatic carbocycles. The first-order valence-corrected chi connectivity index (χ1v) is 4.47. The fraction of sp³-hybridized carbons (Fsp3) is 0.0909. The monoisotopic (exact) mass is 204 g/mol. The summed E-state index contributed by atoms with van der Waals surface area (Å²) in [6.45, 7) is 0.300. The first kappa shape index (κ1) is 9.58. The van der Waals surface area contributed by atoms with E-state index in [-0.39, 0.29) is 5.82 Å². The van der Waals surface area contributed by atoms with E-state index in [0.717, 1.165) is 6.20 Å². The Bertz CT molecular complexity index is 434. The molecular weight excluding hydrogens is 195 g/mol. The molecule has 0 saturated heterocycles. The minimum Gasteiger partial charge on any atom is -0.489 e. The maximum Gasteiger partial charge on any atom is 0.141 e. The smallest absolute Gasteiger partial charge is 0.141 e. The molecule has 15 heavy (non-hydrogen) atoms. The standard InChI is InChI=1S/C11H9FN2O/c12-10-5-9(6-14-7-10)8-15-11-1-3-13-4-2-11/h1-7H,8H2. The quantitative estimate of drug-likeness (QED) is 0.768. The normalized spacial score (nSPS) is 9.93. The summed E-state index contributed by atoms with van der Waals surface area (Å²) < 4.78 is 18.2. The first-order chi connectivity index (χ1) is 7.34. The molecule has 2 heterocycles. The Morgan fingerprint density at radius 1 is 1.13 bits per heavy atom. The largest absolute Gasteiger partial charge is 0.489 e. The van der Waals surface area contributed by atoms with Gasteiger partial charge in [-0.25, -0.2) is 4.39 Å². The summed E-state index contributed by atoms with van der Waals surface area (Å²) in [5, 5.41) is 0. The second-order valence-corrected chi connectivity index (χ2v) is 2.98. The van der Waals surface area contributed by atoms with Gasteiger partial charge in [-0.15, -0.1) is 0 Å². The lowest BCUT2D eigenvalue weighted by Gasteiger charge is -2.04. The van der Waals surface area contributed by atoms with E-state index in [0.29, 0.717) is 17.9 Å². The highest BCUT2D eigenvalue weighted by Gasteiger charge is 1.97. The fourth-order valence-electron chi connectivity index (χ4n) is 1.14. The van der Waals surface area contributed by atoms with Crippen LogP contribution < -0.4 is 4.74 Å². The Hall–Kier alpha value is -1.97. The molecule has 0 fully saturated rings. The van der Waals surface area contributed by atoms with Gasteiger partial charge in [0.1, 0.15) is 18.2 Å². The van der Waals surface area contributed by atoms with E-state index in [1.807, 2.05) is 0 Å². The highest BCUT2D eigenvalue weighted by atomic mass is 19.1. The van der Waals surface area contributed by atoms with Crippen LogP contribution in [0.3, 0.4) is 0 Å². The Balaban J connectivity index is 1.99. The van der Waals surface area contributed by atoms with Gasteiger partial charge in [-0.3, -0.25) is 9.97 Å². The Morgan fingerprint density at radius 3 is 2.67 bits per heavy atom. The molecule has 0 aromatic carbocycles. The van der Waals surface area contributed by atoms with Crippen molar-refractivity contribution in [3.8, 4) is 5.75 Å². The van der Waals surface area contributed by atoms with E-state index >= 15 is 0 Å². The summed E-state index contributed by atoms with van der Waals surface area (Å²) in [5.74, 6) is 0.347. The van der Waals surface area contributed by atoms with Crippen molar-refractivity contribution < 1.29 is 9.13 Å². The predicted octanol–water partition coefficient (Wildman–Crippen LogP) is 2.19. The van der Waals surface area contributed by atoms with Gasteiger partial charge in [-0.2, -0.15) is 0 Å². The topological polar surface area (TPSA) is 35.0 Å². The molecule has 0 unspecified atom stereocenters. The summed E-state index contributed by atoms with van der Waals surface area (Å²) >= 11 is 0. The number of hydrogen-bond donors (Lipinski definition) is 0. The molecule has 0 radical (unpaired) electrons. The lowest BCUT2D eigenvalue weighted by molar-refractivity contribution is 0.304. The molecule has 2 aromatic rings. The highest BCUT2D eigenvalue weighted by molar-refractivity contribution is 5.18. The summed E-state index contributed by atoms with van der Waals surface area (Å²) in [4.78, 5) is 7.59. The van der Waals surface area contributed by atoms with Crippen LogP contribution in [0.4, 0.5) is 4.39 Å². The van der Waals surface area contributed by atoms with Crippen molar-refractivity contribution in [3.63, 3.8) is 0 Å². The molecule has 0 aliphatic heterocycles. The van der Waals surface area contributed by atoms with Crippen molar-refractivity contribution in [2.24, 2.45) is 0 Å². The zero-order valence-electron chi connectivity index (χ0n) is 7.93.